The van der Waals surface area contributed by atoms with Crippen LogP contribution < -0.4 is 10.9 Å². The zero-order valence-corrected chi connectivity index (χ0v) is 19.9. The van der Waals surface area contributed by atoms with Crippen LogP contribution in [0, 0.1) is 6.92 Å². The molecule has 0 bridgehead atoms. The number of hydrogen-bond acceptors (Lipinski definition) is 9. The van der Waals surface area contributed by atoms with Crippen LogP contribution in [0.2, 0.25) is 0 Å². The predicted molar refractivity (Wildman–Crippen MR) is 124 cm³/mol. The lowest BCUT2D eigenvalue weighted by molar-refractivity contribution is -0.113. The average molecular weight is 479 g/mol. The maximum Gasteiger partial charge on any atom is 0.350 e. The Morgan fingerprint density at radius 1 is 1.23 bits per heavy atom. The Bertz CT molecular complexity index is 1230. The lowest BCUT2D eigenvalue weighted by Gasteiger charge is -2.10. The van der Waals surface area contributed by atoms with Crippen LogP contribution in [0.3, 0.4) is 0 Å². The number of esters is 1. The Morgan fingerprint density at radius 2 is 2.00 bits per heavy atom. The summed E-state index contributed by atoms with van der Waals surface area (Å²) in [6, 6.07) is 0. The molecule has 8 nitrogen and oxygen atoms in total. The molecule has 3 heterocycles. The first-order valence-corrected chi connectivity index (χ1v) is 12.6. The van der Waals surface area contributed by atoms with Crippen LogP contribution in [0.5, 0.6) is 0 Å². The Balaban J connectivity index is 1.47. The number of amides is 1. The molecule has 0 saturated heterocycles. The molecule has 1 aliphatic carbocycles. The molecule has 0 aromatic carbocycles. The van der Waals surface area contributed by atoms with Crippen LogP contribution >= 0.6 is 34.4 Å². The van der Waals surface area contributed by atoms with Gasteiger partial charge in [0.25, 0.3) is 5.56 Å². The first-order valence-electron chi connectivity index (χ1n) is 9.97. The van der Waals surface area contributed by atoms with E-state index in [0.717, 1.165) is 52.8 Å². The molecule has 0 unspecified atom stereocenters. The summed E-state index contributed by atoms with van der Waals surface area (Å²) in [6.07, 6.45) is 4.19. The van der Waals surface area contributed by atoms with E-state index in [1.807, 2.05) is 0 Å². The topological polar surface area (TPSA) is 103 Å². The van der Waals surface area contributed by atoms with Gasteiger partial charge < -0.3 is 10.1 Å². The molecule has 4 rings (SSSR count). The first kappa shape index (κ1) is 22.0. The van der Waals surface area contributed by atoms with Crippen molar-refractivity contribution in [3.8, 4) is 0 Å². The Morgan fingerprint density at radius 3 is 2.77 bits per heavy atom. The van der Waals surface area contributed by atoms with Gasteiger partial charge in [-0.1, -0.05) is 23.1 Å². The molecular weight excluding hydrogens is 456 g/mol. The number of aryl methyl sites for hydroxylation is 3. The number of rotatable bonds is 6. The number of thioether (sulfide) groups is 1. The zero-order chi connectivity index (χ0) is 22.1. The summed E-state index contributed by atoms with van der Waals surface area (Å²) < 4.78 is 6.52. The quantitative estimate of drug-likeness (QED) is 0.328. The van der Waals surface area contributed by atoms with E-state index in [4.69, 9.17) is 4.74 Å². The fourth-order valence-electron chi connectivity index (χ4n) is 3.52. The molecule has 1 amide bonds. The third-order valence-electron chi connectivity index (χ3n) is 4.99. The molecule has 0 atom stereocenters. The number of fused-ring (bicyclic) bond motifs is 3. The lowest BCUT2D eigenvalue weighted by atomic mass is 9.97. The largest absolute Gasteiger partial charge is 0.462 e. The van der Waals surface area contributed by atoms with Crippen LogP contribution in [0.25, 0.3) is 10.2 Å². The van der Waals surface area contributed by atoms with Gasteiger partial charge in [0.2, 0.25) is 5.91 Å². The number of aromatic nitrogens is 3. The zero-order valence-electron chi connectivity index (χ0n) is 17.4. The van der Waals surface area contributed by atoms with Crippen molar-refractivity contribution in [3.63, 3.8) is 0 Å². The smallest absolute Gasteiger partial charge is 0.350 e. The van der Waals surface area contributed by atoms with Gasteiger partial charge in [-0.05, 0) is 45.1 Å². The fourth-order valence-corrected chi connectivity index (χ4v) is 6.47. The number of ether oxygens (including phenoxy) is 1. The summed E-state index contributed by atoms with van der Waals surface area (Å²) in [4.78, 5) is 48.6. The molecule has 1 N–H and O–H groups in total. The SMILES string of the molecule is CCOC(=O)c1sc(NC(=O)CSc2nc3sc4c(c3c(=O)n2C)CCCC4)nc1C. The molecule has 0 radical (unpaired) electrons. The summed E-state index contributed by atoms with van der Waals surface area (Å²) in [5, 5.41) is 4.30. The number of hydrogen-bond donors (Lipinski definition) is 1. The molecule has 31 heavy (non-hydrogen) atoms. The second-order valence-corrected chi connectivity index (χ2v) is 10.2. The van der Waals surface area contributed by atoms with Gasteiger partial charge in [0.1, 0.15) is 9.71 Å². The summed E-state index contributed by atoms with van der Waals surface area (Å²) in [6.45, 7) is 3.71. The molecule has 11 heteroatoms. The van der Waals surface area contributed by atoms with Gasteiger partial charge in [0.15, 0.2) is 10.3 Å². The molecule has 3 aromatic heterocycles. The number of nitrogens with zero attached hydrogens (tertiary/aromatic N) is 3. The minimum absolute atomic E-state index is 0.0538. The van der Waals surface area contributed by atoms with E-state index in [0.29, 0.717) is 20.9 Å². The van der Waals surface area contributed by atoms with Gasteiger partial charge in [-0.15, -0.1) is 11.3 Å². The van der Waals surface area contributed by atoms with Crippen molar-refractivity contribution in [2.45, 2.75) is 44.7 Å². The maximum absolute atomic E-state index is 12.9. The van der Waals surface area contributed by atoms with Crippen molar-refractivity contribution in [2.75, 3.05) is 17.7 Å². The van der Waals surface area contributed by atoms with Gasteiger partial charge in [0.05, 0.1) is 23.4 Å². The first-order chi connectivity index (χ1) is 14.9. The summed E-state index contributed by atoms with van der Waals surface area (Å²) in [7, 11) is 1.69. The molecule has 0 saturated carbocycles. The van der Waals surface area contributed by atoms with Gasteiger partial charge in [0, 0.05) is 11.9 Å². The Hall–Kier alpha value is -2.24. The summed E-state index contributed by atoms with van der Waals surface area (Å²) in [5.74, 6) is -0.656. The number of nitrogens with one attached hydrogen (secondary N) is 1. The number of anilines is 1. The van der Waals surface area contributed by atoms with E-state index < -0.39 is 5.97 Å². The summed E-state index contributed by atoms with van der Waals surface area (Å²) >= 11 is 3.88. The van der Waals surface area contributed by atoms with Crippen LogP contribution in [0.4, 0.5) is 5.13 Å². The highest BCUT2D eigenvalue weighted by molar-refractivity contribution is 7.99. The number of carbonyl (C=O) groups is 2. The highest BCUT2D eigenvalue weighted by atomic mass is 32.2. The van der Waals surface area contributed by atoms with Gasteiger partial charge in [-0.2, -0.15) is 0 Å². The van der Waals surface area contributed by atoms with Crippen molar-refractivity contribution in [1.29, 1.82) is 0 Å². The van der Waals surface area contributed by atoms with E-state index in [1.165, 1.54) is 21.2 Å². The maximum atomic E-state index is 12.9. The number of carbonyl (C=O) groups excluding carboxylic acids is 2. The number of thiophene rings is 1. The highest BCUT2D eigenvalue weighted by Crippen LogP contribution is 2.34. The highest BCUT2D eigenvalue weighted by Gasteiger charge is 2.22. The van der Waals surface area contributed by atoms with Crippen LogP contribution in [-0.2, 0) is 29.4 Å². The van der Waals surface area contributed by atoms with E-state index in [-0.39, 0.29) is 23.8 Å². The minimum atomic E-state index is -0.446. The number of thiazole rings is 1. The minimum Gasteiger partial charge on any atom is -0.462 e. The second kappa shape index (κ2) is 9.09. The van der Waals surface area contributed by atoms with Crippen LogP contribution in [0.15, 0.2) is 9.95 Å². The van der Waals surface area contributed by atoms with Crippen molar-refractivity contribution in [1.82, 2.24) is 14.5 Å². The molecule has 0 fully saturated rings. The van der Waals surface area contributed by atoms with Crippen molar-refractivity contribution in [2.24, 2.45) is 7.05 Å². The normalized spacial score (nSPS) is 13.3. The van der Waals surface area contributed by atoms with Crippen LogP contribution in [0.1, 0.15) is 45.6 Å². The lowest BCUT2D eigenvalue weighted by Crippen LogP contribution is -2.21. The Kier molecular flexibility index (Phi) is 6.44. The third kappa shape index (κ3) is 4.39. The molecular formula is C20H22N4O4S3. The van der Waals surface area contributed by atoms with E-state index >= 15 is 0 Å². The van der Waals surface area contributed by atoms with Gasteiger partial charge in [-0.25, -0.2) is 14.8 Å². The van der Waals surface area contributed by atoms with Gasteiger partial charge >= 0.3 is 5.97 Å². The predicted octanol–water partition coefficient (Wildman–Crippen LogP) is 3.55. The van der Waals surface area contributed by atoms with Crippen molar-refractivity contribution in [3.05, 3.63) is 31.4 Å². The van der Waals surface area contributed by atoms with Crippen molar-refractivity contribution >= 4 is 61.7 Å². The molecule has 0 aliphatic heterocycles. The average Bonchev–Trinajstić information content (AvgIpc) is 3.29. The van der Waals surface area contributed by atoms with Crippen molar-refractivity contribution < 1.29 is 14.3 Å². The van der Waals surface area contributed by atoms with E-state index in [1.54, 1.807) is 32.2 Å². The standard InChI is InChI=1S/C20H22N4O4S3/c1-4-28-18(27)15-10(2)21-19(31-15)22-13(25)9-29-20-23-16-14(17(26)24(20)3)11-7-5-6-8-12(11)30-16/h4-9H2,1-3H3,(H,21,22,25). The summed E-state index contributed by atoms with van der Waals surface area (Å²) in [5.41, 5.74) is 1.62. The molecule has 0 spiro atoms. The Labute approximate surface area is 191 Å². The third-order valence-corrected chi connectivity index (χ3v) is 8.26. The van der Waals surface area contributed by atoms with E-state index in [9.17, 15) is 14.4 Å². The van der Waals surface area contributed by atoms with E-state index in [2.05, 4.69) is 15.3 Å². The second-order valence-electron chi connectivity index (χ2n) is 7.14. The fraction of sp³-hybridized carbons (Fsp3) is 0.450. The van der Waals surface area contributed by atoms with Gasteiger partial charge in [-0.3, -0.25) is 14.2 Å². The molecule has 164 valence electrons. The monoisotopic (exact) mass is 478 g/mol. The molecule has 1 aliphatic rings. The van der Waals surface area contributed by atoms with Crippen LogP contribution in [-0.4, -0.2) is 38.8 Å². The molecule has 3 aromatic rings.